The number of aromatic amines is 1. The van der Waals surface area contributed by atoms with Crippen molar-refractivity contribution in [2.45, 2.75) is 33.6 Å². The Morgan fingerprint density at radius 1 is 1.21 bits per heavy atom. The molecular formula is C27H30N4O3. The van der Waals surface area contributed by atoms with Crippen molar-refractivity contribution < 1.29 is 14.3 Å². The van der Waals surface area contributed by atoms with Crippen molar-refractivity contribution in [1.29, 1.82) is 5.26 Å². The van der Waals surface area contributed by atoms with Gasteiger partial charge in [-0.25, -0.2) is 4.98 Å². The molecule has 0 aliphatic carbocycles. The van der Waals surface area contributed by atoms with Crippen LogP contribution in [0.2, 0.25) is 0 Å². The van der Waals surface area contributed by atoms with Gasteiger partial charge in [0.05, 0.1) is 23.7 Å². The fourth-order valence-electron chi connectivity index (χ4n) is 4.10. The fraction of sp³-hybridized carbons (Fsp3) is 0.370. The Balaban J connectivity index is 1.51. The van der Waals surface area contributed by atoms with E-state index in [1.807, 2.05) is 36.9 Å². The summed E-state index contributed by atoms with van der Waals surface area (Å²) in [6, 6.07) is 11.7. The Bertz CT molecular complexity index is 1240. The lowest BCUT2D eigenvalue weighted by Crippen LogP contribution is -2.40. The maximum absolute atomic E-state index is 12.5. The third-order valence-corrected chi connectivity index (χ3v) is 6.46. The number of hydrogen-bond acceptors (Lipinski definition) is 5. The van der Waals surface area contributed by atoms with Gasteiger partial charge in [-0.05, 0) is 79.6 Å². The minimum absolute atomic E-state index is 0.0138. The van der Waals surface area contributed by atoms with Gasteiger partial charge in [-0.15, -0.1) is 0 Å². The van der Waals surface area contributed by atoms with Gasteiger partial charge in [-0.3, -0.25) is 4.79 Å². The number of amides is 1. The first-order valence-corrected chi connectivity index (χ1v) is 11.6. The standard InChI is InChI=1S/C27H30N4O3/c1-17-7-9-31(10-8-17)26(32)16-34-24-6-5-20(14-25(24)33-4)13-21(15-28)27-29-22-11-18(2)19(3)12-23(22)30-27/h5-6,11-14,17H,7-10,16H2,1-4H3,(H,29,30)/b21-13+. The van der Waals surface area contributed by atoms with Crippen molar-refractivity contribution in [3.63, 3.8) is 0 Å². The molecule has 176 valence electrons. The molecule has 1 amide bonds. The van der Waals surface area contributed by atoms with E-state index in [0.29, 0.717) is 28.8 Å². The summed E-state index contributed by atoms with van der Waals surface area (Å²) in [5, 5.41) is 9.77. The van der Waals surface area contributed by atoms with E-state index in [1.165, 1.54) is 5.56 Å². The molecule has 0 saturated carbocycles. The van der Waals surface area contributed by atoms with Gasteiger partial charge in [0.2, 0.25) is 0 Å². The zero-order valence-electron chi connectivity index (χ0n) is 20.1. The number of aromatic nitrogens is 2. The maximum atomic E-state index is 12.5. The number of nitrogens with zero attached hydrogens (tertiary/aromatic N) is 3. The molecule has 7 nitrogen and oxygen atoms in total. The SMILES string of the molecule is COc1cc(/C=C(\C#N)c2nc3cc(C)c(C)cc3[nH]2)ccc1OCC(=O)N1CCC(C)CC1. The molecule has 0 bridgehead atoms. The Morgan fingerprint density at radius 2 is 1.94 bits per heavy atom. The van der Waals surface area contributed by atoms with Crippen molar-refractivity contribution in [3.8, 4) is 17.6 Å². The van der Waals surface area contributed by atoms with E-state index < -0.39 is 0 Å². The van der Waals surface area contributed by atoms with E-state index in [2.05, 4.69) is 23.0 Å². The molecule has 0 atom stereocenters. The molecule has 1 N–H and O–H groups in total. The number of imidazole rings is 1. The average Bonchev–Trinajstić information content (AvgIpc) is 3.24. The van der Waals surface area contributed by atoms with Crippen LogP contribution in [0.5, 0.6) is 11.5 Å². The first-order chi connectivity index (χ1) is 16.4. The number of carbonyl (C=O) groups is 1. The van der Waals surface area contributed by atoms with Crippen LogP contribution in [0.1, 0.15) is 42.3 Å². The number of aryl methyl sites for hydroxylation is 2. The van der Waals surface area contributed by atoms with Crippen LogP contribution < -0.4 is 9.47 Å². The number of H-pyrrole nitrogens is 1. The second kappa shape index (κ2) is 10.0. The molecule has 1 aliphatic heterocycles. The van der Waals surface area contributed by atoms with Crippen LogP contribution in [-0.2, 0) is 4.79 Å². The number of piperidine rings is 1. The molecule has 3 aromatic rings. The predicted molar refractivity (Wildman–Crippen MR) is 133 cm³/mol. The second-order valence-corrected chi connectivity index (χ2v) is 8.97. The van der Waals surface area contributed by atoms with Crippen molar-refractivity contribution in [1.82, 2.24) is 14.9 Å². The number of fused-ring (bicyclic) bond motifs is 1. The number of likely N-dealkylation sites (tertiary alicyclic amines) is 1. The van der Waals surface area contributed by atoms with Crippen LogP contribution in [0.25, 0.3) is 22.7 Å². The van der Waals surface area contributed by atoms with Gasteiger partial charge in [-0.1, -0.05) is 13.0 Å². The Labute approximate surface area is 200 Å². The Morgan fingerprint density at radius 3 is 2.65 bits per heavy atom. The second-order valence-electron chi connectivity index (χ2n) is 8.97. The predicted octanol–water partition coefficient (Wildman–Crippen LogP) is 4.89. The molecule has 1 saturated heterocycles. The van der Waals surface area contributed by atoms with E-state index in [0.717, 1.165) is 48.1 Å². The smallest absolute Gasteiger partial charge is 0.260 e. The van der Waals surface area contributed by atoms with Crippen LogP contribution in [0.15, 0.2) is 30.3 Å². The first kappa shape index (κ1) is 23.4. The Kier molecular flexibility index (Phi) is 6.87. The molecule has 0 spiro atoms. The highest BCUT2D eigenvalue weighted by molar-refractivity contribution is 5.90. The monoisotopic (exact) mass is 458 g/mol. The van der Waals surface area contributed by atoms with E-state index in [9.17, 15) is 10.1 Å². The molecule has 4 rings (SSSR count). The summed E-state index contributed by atoms with van der Waals surface area (Å²) >= 11 is 0. The molecule has 7 heteroatoms. The number of ether oxygens (including phenoxy) is 2. The molecule has 1 aliphatic rings. The van der Waals surface area contributed by atoms with E-state index in [1.54, 1.807) is 25.3 Å². The van der Waals surface area contributed by atoms with Crippen molar-refractivity contribution in [2.24, 2.45) is 5.92 Å². The molecule has 2 heterocycles. The zero-order valence-corrected chi connectivity index (χ0v) is 20.1. The molecule has 1 aromatic heterocycles. The topological polar surface area (TPSA) is 91.2 Å². The minimum Gasteiger partial charge on any atom is -0.493 e. The normalized spacial score (nSPS) is 14.8. The maximum Gasteiger partial charge on any atom is 0.260 e. The third kappa shape index (κ3) is 5.07. The molecule has 0 radical (unpaired) electrons. The van der Waals surface area contributed by atoms with Gasteiger partial charge < -0.3 is 19.4 Å². The van der Waals surface area contributed by atoms with E-state index in [-0.39, 0.29) is 12.5 Å². The molecular weight excluding hydrogens is 428 g/mol. The summed E-state index contributed by atoms with van der Waals surface area (Å²) in [7, 11) is 1.55. The minimum atomic E-state index is -0.0266. The van der Waals surface area contributed by atoms with Crippen LogP contribution in [0, 0.1) is 31.1 Å². The highest BCUT2D eigenvalue weighted by atomic mass is 16.5. The molecule has 2 aromatic carbocycles. The lowest BCUT2D eigenvalue weighted by atomic mass is 9.99. The lowest BCUT2D eigenvalue weighted by Gasteiger charge is -2.30. The third-order valence-electron chi connectivity index (χ3n) is 6.46. The summed E-state index contributed by atoms with van der Waals surface area (Å²) in [6.07, 6.45) is 3.81. The summed E-state index contributed by atoms with van der Waals surface area (Å²) in [5.74, 6) is 2.16. The largest absolute Gasteiger partial charge is 0.493 e. The summed E-state index contributed by atoms with van der Waals surface area (Å²) in [4.78, 5) is 22.2. The van der Waals surface area contributed by atoms with E-state index >= 15 is 0 Å². The van der Waals surface area contributed by atoms with Gasteiger partial charge in [0.25, 0.3) is 5.91 Å². The molecule has 1 fully saturated rings. The van der Waals surface area contributed by atoms with Crippen molar-refractivity contribution >= 4 is 28.6 Å². The van der Waals surface area contributed by atoms with Crippen LogP contribution >= 0.6 is 0 Å². The highest BCUT2D eigenvalue weighted by Gasteiger charge is 2.21. The van der Waals surface area contributed by atoms with E-state index in [4.69, 9.17) is 9.47 Å². The van der Waals surface area contributed by atoms with Gasteiger partial charge in [0.1, 0.15) is 11.9 Å². The van der Waals surface area contributed by atoms with Gasteiger partial charge in [-0.2, -0.15) is 5.26 Å². The van der Waals surface area contributed by atoms with Crippen LogP contribution in [-0.4, -0.2) is 47.6 Å². The van der Waals surface area contributed by atoms with Gasteiger partial charge in [0.15, 0.2) is 18.1 Å². The number of carbonyl (C=O) groups excluding carboxylic acids is 1. The first-order valence-electron chi connectivity index (χ1n) is 11.6. The van der Waals surface area contributed by atoms with Crippen LogP contribution in [0.4, 0.5) is 0 Å². The zero-order chi connectivity index (χ0) is 24.2. The summed E-state index contributed by atoms with van der Waals surface area (Å²) in [5.41, 5.74) is 5.23. The molecule has 0 unspecified atom stereocenters. The fourth-order valence-corrected chi connectivity index (χ4v) is 4.10. The number of nitrogens with one attached hydrogen (secondary N) is 1. The summed E-state index contributed by atoms with van der Waals surface area (Å²) in [6.45, 7) is 7.84. The van der Waals surface area contributed by atoms with Crippen molar-refractivity contribution in [2.75, 3.05) is 26.8 Å². The Hall–Kier alpha value is -3.79. The van der Waals surface area contributed by atoms with Gasteiger partial charge >= 0.3 is 0 Å². The van der Waals surface area contributed by atoms with Crippen molar-refractivity contribution in [3.05, 3.63) is 52.8 Å². The average molecular weight is 459 g/mol. The summed E-state index contributed by atoms with van der Waals surface area (Å²) < 4.78 is 11.3. The number of methoxy groups -OCH3 is 1. The number of benzene rings is 2. The highest BCUT2D eigenvalue weighted by Crippen LogP contribution is 2.30. The quantitative estimate of drug-likeness (QED) is 0.531. The molecule has 34 heavy (non-hydrogen) atoms. The lowest BCUT2D eigenvalue weighted by molar-refractivity contribution is -0.134. The van der Waals surface area contributed by atoms with Gasteiger partial charge in [0, 0.05) is 13.1 Å². The number of rotatable bonds is 6. The number of nitriles is 1. The number of hydrogen-bond donors (Lipinski definition) is 1. The van der Waals surface area contributed by atoms with Crippen LogP contribution in [0.3, 0.4) is 0 Å². The number of allylic oxidation sites excluding steroid dienone is 1.